The highest BCUT2D eigenvalue weighted by Crippen LogP contribution is 2.24. The molecule has 0 unspecified atom stereocenters. The van der Waals surface area contributed by atoms with Crippen molar-refractivity contribution in [1.82, 2.24) is 0 Å². The minimum atomic E-state index is 0.821. The standard InChI is InChI=1S/C9H11Br2N/c10-6-2-4-7-3-1-5-8(12)9(7)11/h1,3,5H,2,4,6,12H2. The Hall–Kier alpha value is -0.0200. The van der Waals surface area contributed by atoms with Crippen LogP contribution in [0, 0.1) is 0 Å². The highest BCUT2D eigenvalue weighted by Gasteiger charge is 2.01. The largest absolute Gasteiger partial charge is 0.398 e. The molecule has 0 aliphatic rings. The maximum absolute atomic E-state index is 5.73. The molecule has 0 radical (unpaired) electrons. The number of anilines is 1. The molecule has 0 saturated carbocycles. The Bertz CT molecular complexity index is 261. The molecule has 1 rings (SSSR count). The molecule has 0 aromatic heterocycles. The Morgan fingerprint density at radius 3 is 2.75 bits per heavy atom. The molecule has 1 nitrogen and oxygen atoms in total. The van der Waals surface area contributed by atoms with Crippen LogP contribution in [0.15, 0.2) is 22.7 Å². The summed E-state index contributed by atoms with van der Waals surface area (Å²) in [6.45, 7) is 0. The van der Waals surface area contributed by atoms with E-state index in [1.165, 1.54) is 5.56 Å². The highest BCUT2D eigenvalue weighted by atomic mass is 79.9. The molecule has 1 aromatic carbocycles. The SMILES string of the molecule is Nc1cccc(CCCBr)c1Br. The zero-order valence-corrected chi connectivity index (χ0v) is 9.86. The van der Waals surface area contributed by atoms with Crippen LogP contribution in [-0.2, 0) is 6.42 Å². The second kappa shape index (κ2) is 4.87. The monoisotopic (exact) mass is 291 g/mol. The topological polar surface area (TPSA) is 26.0 Å². The quantitative estimate of drug-likeness (QED) is 0.671. The first kappa shape index (κ1) is 10.1. The maximum Gasteiger partial charge on any atom is 0.0461 e. The normalized spacial score (nSPS) is 10.2. The summed E-state index contributed by atoms with van der Waals surface area (Å²) in [4.78, 5) is 0. The summed E-state index contributed by atoms with van der Waals surface area (Å²) in [6.07, 6.45) is 2.21. The number of benzene rings is 1. The molecule has 1 aromatic rings. The van der Waals surface area contributed by atoms with Gasteiger partial charge in [-0.1, -0.05) is 28.1 Å². The molecule has 0 aliphatic carbocycles. The van der Waals surface area contributed by atoms with Crippen molar-refractivity contribution in [2.24, 2.45) is 0 Å². The average molecular weight is 293 g/mol. The van der Waals surface area contributed by atoms with Crippen molar-refractivity contribution in [3.63, 3.8) is 0 Å². The van der Waals surface area contributed by atoms with Gasteiger partial charge in [-0.25, -0.2) is 0 Å². The van der Waals surface area contributed by atoms with E-state index in [1.54, 1.807) is 0 Å². The summed E-state index contributed by atoms with van der Waals surface area (Å²) >= 11 is 6.87. The molecule has 12 heavy (non-hydrogen) atoms. The van der Waals surface area contributed by atoms with E-state index < -0.39 is 0 Å². The third-order valence-corrected chi connectivity index (χ3v) is 3.22. The van der Waals surface area contributed by atoms with Crippen molar-refractivity contribution < 1.29 is 0 Å². The number of nitrogen functional groups attached to an aromatic ring is 1. The Labute approximate surface area is 89.6 Å². The molecule has 0 fully saturated rings. The second-order valence-electron chi connectivity index (χ2n) is 2.61. The van der Waals surface area contributed by atoms with Crippen molar-refractivity contribution in [2.45, 2.75) is 12.8 Å². The number of hydrogen-bond donors (Lipinski definition) is 1. The van der Waals surface area contributed by atoms with Crippen LogP contribution in [0.1, 0.15) is 12.0 Å². The Kier molecular flexibility index (Phi) is 4.09. The van der Waals surface area contributed by atoms with Gasteiger partial charge in [0.1, 0.15) is 0 Å². The first-order valence-electron chi connectivity index (χ1n) is 3.84. The summed E-state index contributed by atoms with van der Waals surface area (Å²) in [5.41, 5.74) is 7.84. The van der Waals surface area contributed by atoms with Gasteiger partial charge in [-0.2, -0.15) is 0 Å². The number of rotatable bonds is 3. The van der Waals surface area contributed by atoms with E-state index in [9.17, 15) is 0 Å². The molecule has 0 heterocycles. The lowest BCUT2D eigenvalue weighted by molar-refractivity contribution is 0.935. The van der Waals surface area contributed by atoms with Gasteiger partial charge in [0, 0.05) is 15.5 Å². The van der Waals surface area contributed by atoms with E-state index in [-0.39, 0.29) is 0 Å². The predicted octanol–water partition coefficient (Wildman–Crippen LogP) is 3.36. The van der Waals surface area contributed by atoms with Crippen molar-refractivity contribution >= 4 is 37.5 Å². The molecular formula is C9H11Br2N. The van der Waals surface area contributed by atoms with Crippen LogP contribution in [-0.4, -0.2) is 5.33 Å². The molecule has 0 bridgehead atoms. The third-order valence-electron chi connectivity index (χ3n) is 1.69. The van der Waals surface area contributed by atoms with Gasteiger partial charge < -0.3 is 5.73 Å². The van der Waals surface area contributed by atoms with Crippen LogP contribution in [0.25, 0.3) is 0 Å². The summed E-state index contributed by atoms with van der Waals surface area (Å²) in [6, 6.07) is 5.99. The van der Waals surface area contributed by atoms with E-state index in [0.717, 1.165) is 28.3 Å². The van der Waals surface area contributed by atoms with Gasteiger partial charge in [-0.05, 0) is 40.4 Å². The summed E-state index contributed by atoms with van der Waals surface area (Å²) in [5.74, 6) is 0. The third kappa shape index (κ3) is 2.49. The molecule has 0 amide bonds. The van der Waals surface area contributed by atoms with Gasteiger partial charge >= 0.3 is 0 Å². The lowest BCUT2D eigenvalue weighted by Gasteiger charge is -2.04. The van der Waals surface area contributed by atoms with Crippen molar-refractivity contribution in [2.75, 3.05) is 11.1 Å². The van der Waals surface area contributed by atoms with Crippen molar-refractivity contribution in [3.8, 4) is 0 Å². The molecule has 0 spiro atoms. The van der Waals surface area contributed by atoms with Crippen LogP contribution in [0.3, 0.4) is 0 Å². The molecule has 66 valence electrons. The molecule has 0 aliphatic heterocycles. The minimum Gasteiger partial charge on any atom is -0.398 e. The highest BCUT2D eigenvalue weighted by molar-refractivity contribution is 9.10. The summed E-state index contributed by atoms with van der Waals surface area (Å²) < 4.78 is 1.05. The minimum absolute atomic E-state index is 0.821. The first-order valence-corrected chi connectivity index (χ1v) is 5.76. The van der Waals surface area contributed by atoms with Crippen molar-refractivity contribution in [3.05, 3.63) is 28.2 Å². The van der Waals surface area contributed by atoms with Gasteiger partial charge in [-0.3, -0.25) is 0 Å². The zero-order valence-electron chi connectivity index (χ0n) is 6.69. The predicted molar refractivity (Wildman–Crippen MR) is 60.7 cm³/mol. The summed E-state index contributed by atoms with van der Waals surface area (Å²) in [5, 5.41) is 1.04. The second-order valence-corrected chi connectivity index (χ2v) is 4.20. The Morgan fingerprint density at radius 2 is 2.08 bits per heavy atom. The molecule has 2 N–H and O–H groups in total. The maximum atomic E-state index is 5.73. The lowest BCUT2D eigenvalue weighted by atomic mass is 10.1. The van der Waals surface area contributed by atoms with E-state index in [1.807, 2.05) is 12.1 Å². The van der Waals surface area contributed by atoms with E-state index in [4.69, 9.17) is 5.73 Å². The smallest absolute Gasteiger partial charge is 0.0461 e. The van der Waals surface area contributed by atoms with Gasteiger partial charge in [0.2, 0.25) is 0 Å². The zero-order chi connectivity index (χ0) is 8.97. The molecule has 0 saturated heterocycles. The summed E-state index contributed by atoms with van der Waals surface area (Å²) in [7, 11) is 0. The van der Waals surface area contributed by atoms with Crippen LogP contribution in [0.2, 0.25) is 0 Å². The molecular weight excluding hydrogens is 282 g/mol. The Morgan fingerprint density at radius 1 is 1.33 bits per heavy atom. The van der Waals surface area contributed by atoms with Gasteiger partial charge in [0.25, 0.3) is 0 Å². The fraction of sp³-hybridized carbons (Fsp3) is 0.333. The molecule has 3 heteroatoms. The fourth-order valence-electron chi connectivity index (χ4n) is 1.05. The van der Waals surface area contributed by atoms with Gasteiger partial charge in [-0.15, -0.1) is 0 Å². The van der Waals surface area contributed by atoms with Crippen LogP contribution in [0.4, 0.5) is 5.69 Å². The van der Waals surface area contributed by atoms with E-state index >= 15 is 0 Å². The molecule has 0 atom stereocenters. The van der Waals surface area contributed by atoms with Gasteiger partial charge in [0.05, 0.1) is 0 Å². The van der Waals surface area contributed by atoms with Crippen LogP contribution in [0.5, 0.6) is 0 Å². The number of alkyl halides is 1. The number of aryl methyl sites for hydroxylation is 1. The number of halogens is 2. The van der Waals surface area contributed by atoms with Crippen molar-refractivity contribution in [1.29, 1.82) is 0 Å². The van der Waals surface area contributed by atoms with E-state index in [0.29, 0.717) is 0 Å². The number of nitrogens with two attached hydrogens (primary N) is 1. The average Bonchev–Trinajstić information content (AvgIpc) is 2.08. The first-order chi connectivity index (χ1) is 5.75. The van der Waals surface area contributed by atoms with Crippen LogP contribution < -0.4 is 5.73 Å². The fourth-order valence-corrected chi connectivity index (χ4v) is 1.79. The number of hydrogen-bond acceptors (Lipinski definition) is 1. The van der Waals surface area contributed by atoms with E-state index in [2.05, 4.69) is 37.9 Å². The van der Waals surface area contributed by atoms with Gasteiger partial charge in [0.15, 0.2) is 0 Å². The lowest BCUT2D eigenvalue weighted by Crippen LogP contribution is -1.92. The van der Waals surface area contributed by atoms with Crippen LogP contribution >= 0.6 is 31.9 Å². The Balaban J connectivity index is 2.78.